The van der Waals surface area contributed by atoms with Gasteiger partial charge in [0.1, 0.15) is 10.8 Å². The van der Waals surface area contributed by atoms with Crippen molar-refractivity contribution in [2.24, 2.45) is 11.7 Å². The number of anilines is 1. The minimum absolute atomic E-state index is 0.381. The van der Waals surface area contributed by atoms with E-state index < -0.39 is 0 Å². The molecule has 1 heterocycles. The Morgan fingerprint density at radius 2 is 2.35 bits per heavy atom. The third-order valence-electron chi connectivity index (χ3n) is 2.05. The van der Waals surface area contributed by atoms with E-state index in [0.29, 0.717) is 17.5 Å². The van der Waals surface area contributed by atoms with Crippen LogP contribution < -0.4 is 11.1 Å². The van der Waals surface area contributed by atoms with Gasteiger partial charge in [0.15, 0.2) is 0 Å². The van der Waals surface area contributed by atoms with Crippen molar-refractivity contribution in [3.8, 4) is 0 Å². The highest BCUT2D eigenvalue weighted by atomic mass is 32.1. The smallest absolute Gasteiger partial charge is 0.126 e. The lowest BCUT2D eigenvalue weighted by molar-refractivity contribution is 0.118. The number of hydrogen-bond donors (Lipinski definition) is 2. The monoisotopic (exact) mass is 253 g/mol. The van der Waals surface area contributed by atoms with Crippen LogP contribution in [0.1, 0.15) is 19.4 Å². The van der Waals surface area contributed by atoms with Crippen LogP contribution in [0.4, 0.5) is 5.82 Å². The topological polar surface area (TPSA) is 60.2 Å². The molecule has 1 aromatic heterocycles. The van der Waals surface area contributed by atoms with Crippen LogP contribution in [-0.4, -0.2) is 29.7 Å². The molecule has 0 amide bonds. The highest BCUT2D eigenvalue weighted by Crippen LogP contribution is 2.06. The van der Waals surface area contributed by atoms with E-state index in [-0.39, 0.29) is 0 Å². The van der Waals surface area contributed by atoms with E-state index >= 15 is 0 Å². The van der Waals surface area contributed by atoms with Crippen LogP contribution in [0, 0.1) is 5.92 Å². The summed E-state index contributed by atoms with van der Waals surface area (Å²) in [6.07, 6.45) is 1.69. The van der Waals surface area contributed by atoms with Gasteiger partial charge in [-0.05, 0) is 18.1 Å². The van der Waals surface area contributed by atoms with E-state index in [1.807, 2.05) is 6.07 Å². The molecule has 1 aromatic rings. The molecule has 0 fully saturated rings. The molecule has 0 spiro atoms. The number of ether oxygens (including phenoxy) is 1. The Kier molecular flexibility index (Phi) is 5.86. The van der Waals surface area contributed by atoms with Crippen molar-refractivity contribution < 1.29 is 4.74 Å². The molecule has 5 heteroatoms. The fraction of sp³-hybridized carbons (Fsp3) is 0.500. The Balaban J connectivity index is 2.31. The quantitative estimate of drug-likeness (QED) is 0.573. The minimum atomic E-state index is 0.381. The second kappa shape index (κ2) is 7.19. The van der Waals surface area contributed by atoms with Crippen molar-refractivity contribution in [2.45, 2.75) is 13.8 Å². The predicted octanol–water partition coefficient (Wildman–Crippen LogP) is 1.80. The van der Waals surface area contributed by atoms with Gasteiger partial charge in [0.2, 0.25) is 0 Å². The van der Waals surface area contributed by atoms with E-state index in [4.69, 9.17) is 22.7 Å². The molecule has 0 radical (unpaired) electrons. The summed E-state index contributed by atoms with van der Waals surface area (Å²) < 4.78 is 5.45. The van der Waals surface area contributed by atoms with Crippen LogP contribution in [-0.2, 0) is 4.74 Å². The third-order valence-corrected chi connectivity index (χ3v) is 2.28. The lowest BCUT2D eigenvalue weighted by Crippen LogP contribution is -2.14. The average molecular weight is 253 g/mol. The van der Waals surface area contributed by atoms with E-state index in [1.165, 1.54) is 0 Å². The van der Waals surface area contributed by atoms with Gasteiger partial charge in [-0.25, -0.2) is 4.98 Å². The zero-order valence-corrected chi connectivity index (χ0v) is 11.1. The molecule has 1 rings (SSSR count). The Hall–Kier alpha value is -1.20. The number of nitrogens with two attached hydrogens (primary N) is 1. The maximum atomic E-state index is 5.54. The minimum Gasteiger partial charge on any atom is -0.389 e. The lowest BCUT2D eigenvalue weighted by Gasteiger charge is -2.09. The van der Waals surface area contributed by atoms with Crippen LogP contribution in [0.2, 0.25) is 0 Å². The van der Waals surface area contributed by atoms with Crippen molar-refractivity contribution in [3.05, 3.63) is 23.9 Å². The highest BCUT2D eigenvalue weighted by Gasteiger charge is 1.99. The first-order valence-electron chi connectivity index (χ1n) is 5.67. The molecular weight excluding hydrogens is 234 g/mol. The molecule has 94 valence electrons. The zero-order chi connectivity index (χ0) is 12.7. The summed E-state index contributed by atoms with van der Waals surface area (Å²) >= 11 is 4.90. The van der Waals surface area contributed by atoms with Crippen LogP contribution in [0.5, 0.6) is 0 Å². The average Bonchev–Trinajstić information content (AvgIpc) is 2.28. The van der Waals surface area contributed by atoms with Gasteiger partial charge in [0, 0.05) is 24.9 Å². The molecule has 0 aromatic carbocycles. The van der Waals surface area contributed by atoms with Gasteiger partial charge < -0.3 is 15.8 Å². The Labute approximate surface area is 108 Å². The molecular formula is C12H19N3OS. The van der Waals surface area contributed by atoms with Gasteiger partial charge in [0.25, 0.3) is 0 Å². The van der Waals surface area contributed by atoms with Gasteiger partial charge in [-0.2, -0.15) is 0 Å². The maximum absolute atomic E-state index is 5.54. The Morgan fingerprint density at radius 3 is 3.00 bits per heavy atom. The van der Waals surface area contributed by atoms with Crippen LogP contribution >= 0.6 is 12.2 Å². The standard InChI is InChI=1S/C12H19N3OS/c1-9(2)8-16-6-5-15-11-7-10(12(13)17)3-4-14-11/h3-4,7,9H,5-6,8H2,1-2H3,(H2,13,17)(H,14,15). The first-order chi connectivity index (χ1) is 8.09. The summed E-state index contributed by atoms with van der Waals surface area (Å²) in [4.78, 5) is 4.55. The predicted molar refractivity (Wildman–Crippen MR) is 74.3 cm³/mol. The van der Waals surface area contributed by atoms with E-state index in [0.717, 1.165) is 24.5 Å². The highest BCUT2D eigenvalue weighted by molar-refractivity contribution is 7.80. The summed E-state index contributed by atoms with van der Waals surface area (Å²) in [6, 6.07) is 3.63. The van der Waals surface area contributed by atoms with Gasteiger partial charge in [-0.15, -0.1) is 0 Å². The van der Waals surface area contributed by atoms with Gasteiger partial charge in [-0.1, -0.05) is 26.1 Å². The zero-order valence-electron chi connectivity index (χ0n) is 10.3. The molecule has 17 heavy (non-hydrogen) atoms. The Bertz CT molecular complexity index is 369. The lowest BCUT2D eigenvalue weighted by atomic mass is 10.2. The molecule has 3 N–H and O–H groups in total. The van der Waals surface area contributed by atoms with Gasteiger partial charge in [-0.3, -0.25) is 0 Å². The van der Waals surface area contributed by atoms with Crippen LogP contribution in [0.25, 0.3) is 0 Å². The number of nitrogens with one attached hydrogen (secondary N) is 1. The second-order valence-electron chi connectivity index (χ2n) is 4.19. The summed E-state index contributed by atoms with van der Waals surface area (Å²) in [5.41, 5.74) is 6.36. The van der Waals surface area contributed by atoms with E-state index in [9.17, 15) is 0 Å². The number of thiocarbonyl (C=S) groups is 1. The van der Waals surface area contributed by atoms with Gasteiger partial charge in [0.05, 0.1) is 6.61 Å². The fourth-order valence-corrected chi connectivity index (χ4v) is 1.38. The first-order valence-corrected chi connectivity index (χ1v) is 6.08. The molecule has 0 aliphatic heterocycles. The first kappa shape index (κ1) is 13.9. The fourth-order valence-electron chi connectivity index (χ4n) is 1.25. The summed E-state index contributed by atoms with van der Waals surface area (Å²) in [5.74, 6) is 1.33. The maximum Gasteiger partial charge on any atom is 0.126 e. The number of pyridine rings is 1. The van der Waals surface area contributed by atoms with Gasteiger partial charge >= 0.3 is 0 Å². The third kappa shape index (κ3) is 5.60. The van der Waals surface area contributed by atoms with Crippen molar-refractivity contribution >= 4 is 23.0 Å². The Morgan fingerprint density at radius 1 is 1.59 bits per heavy atom. The van der Waals surface area contributed by atoms with Crippen LogP contribution in [0.3, 0.4) is 0 Å². The number of nitrogens with zero attached hydrogens (tertiary/aromatic N) is 1. The number of aromatic nitrogens is 1. The molecule has 0 aliphatic rings. The van der Waals surface area contributed by atoms with Crippen molar-refractivity contribution in [2.75, 3.05) is 25.1 Å². The number of rotatable bonds is 7. The summed E-state index contributed by atoms with van der Waals surface area (Å²) in [7, 11) is 0. The van der Waals surface area contributed by atoms with Crippen molar-refractivity contribution in [3.63, 3.8) is 0 Å². The molecule has 0 unspecified atom stereocenters. The molecule has 0 saturated carbocycles. The normalized spacial score (nSPS) is 10.5. The molecule has 0 atom stereocenters. The van der Waals surface area contributed by atoms with E-state index in [2.05, 4.69) is 24.1 Å². The molecule has 0 saturated heterocycles. The molecule has 0 aliphatic carbocycles. The second-order valence-corrected chi connectivity index (χ2v) is 4.63. The largest absolute Gasteiger partial charge is 0.389 e. The van der Waals surface area contributed by atoms with Crippen molar-refractivity contribution in [1.82, 2.24) is 4.98 Å². The molecule has 4 nitrogen and oxygen atoms in total. The van der Waals surface area contributed by atoms with Crippen LogP contribution in [0.15, 0.2) is 18.3 Å². The summed E-state index contributed by atoms with van der Waals surface area (Å²) in [6.45, 7) is 6.42. The van der Waals surface area contributed by atoms with E-state index in [1.54, 1.807) is 12.3 Å². The number of hydrogen-bond acceptors (Lipinski definition) is 4. The molecule has 0 bridgehead atoms. The summed E-state index contributed by atoms with van der Waals surface area (Å²) in [5, 5.41) is 3.16. The SMILES string of the molecule is CC(C)COCCNc1cc(C(N)=S)ccn1. The van der Waals surface area contributed by atoms with Crippen molar-refractivity contribution in [1.29, 1.82) is 0 Å².